The molecule has 3 aromatic rings. The van der Waals surface area contributed by atoms with Gasteiger partial charge in [-0.25, -0.2) is 15.2 Å². The minimum atomic E-state index is -0.804. The second-order valence-electron chi connectivity index (χ2n) is 8.47. The van der Waals surface area contributed by atoms with Gasteiger partial charge in [-0.05, 0) is 31.9 Å². The zero-order chi connectivity index (χ0) is 25.3. The van der Waals surface area contributed by atoms with E-state index in [1.165, 1.54) is 13.2 Å². The first kappa shape index (κ1) is 25.4. The van der Waals surface area contributed by atoms with Crippen molar-refractivity contribution in [3.8, 4) is 17.4 Å². The van der Waals surface area contributed by atoms with Gasteiger partial charge in [0.1, 0.15) is 24.5 Å². The van der Waals surface area contributed by atoms with Crippen molar-refractivity contribution in [2.45, 2.75) is 39.6 Å². The highest BCUT2D eigenvalue weighted by Crippen LogP contribution is 2.37. The number of methoxy groups -OCH3 is 1. The van der Waals surface area contributed by atoms with Crippen molar-refractivity contribution in [1.82, 2.24) is 15.8 Å². The third-order valence-corrected chi connectivity index (χ3v) is 4.47. The van der Waals surface area contributed by atoms with Crippen LogP contribution in [0.25, 0.3) is 0 Å². The fourth-order valence-electron chi connectivity index (χ4n) is 2.92. The van der Waals surface area contributed by atoms with Crippen LogP contribution in [0.4, 0.5) is 4.79 Å². The van der Waals surface area contributed by atoms with Crippen LogP contribution in [-0.4, -0.2) is 29.7 Å². The maximum absolute atomic E-state index is 12.7. The molecule has 0 saturated carbocycles. The van der Waals surface area contributed by atoms with Gasteiger partial charge in [0.25, 0.3) is 11.8 Å². The summed E-state index contributed by atoms with van der Waals surface area (Å²) in [5, 5.41) is 0. The molecule has 1 heterocycles. The van der Waals surface area contributed by atoms with Crippen molar-refractivity contribution in [1.29, 1.82) is 0 Å². The predicted molar refractivity (Wildman–Crippen MR) is 129 cm³/mol. The summed E-state index contributed by atoms with van der Waals surface area (Å²) in [4.78, 5) is 28.8. The highest BCUT2D eigenvalue weighted by Gasteiger charge is 2.22. The molecule has 0 unspecified atom stereocenters. The van der Waals surface area contributed by atoms with Gasteiger partial charge in [-0.2, -0.15) is 0 Å². The molecule has 0 bridgehead atoms. The second-order valence-corrected chi connectivity index (χ2v) is 8.47. The van der Waals surface area contributed by atoms with Crippen molar-refractivity contribution in [2.24, 2.45) is 0 Å². The van der Waals surface area contributed by atoms with Crippen LogP contribution in [0.15, 0.2) is 66.7 Å². The minimum absolute atomic E-state index is 0.0481. The lowest BCUT2D eigenvalue weighted by molar-refractivity contribution is 0.0483. The summed E-state index contributed by atoms with van der Waals surface area (Å²) in [6, 6.07) is 20.6. The van der Waals surface area contributed by atoms with Gasteiger partial charge in [-0.15, -0.1) is 0 Å². The molecule has 0 atom stereocenters. The molecule has 0 saturated heterocycles. The Morgan fingerprint density at radius 3 is 1.97 bits per heavy atom. The van der Waals surface area contributed by atoms with Crippen LogP contribution >= 0.6 is 0 Å². The lowest BCUT2D eigenvalue weighted by atomic mass is 10.2. The summed E-state index contributed by atoms with van der Waals surface area (Å²) >= 11 is 0. The second kappa shape index (κ2) is 11.7. The highest BCUT2D eigenvalue weighted by atomic mass is 16.6. The summed E-state index contributed by atoms with van der Waals surface area (Å²) < 4.78 is 22.5. The Balaban J connectivity index is 1.83. The van der Waals surface area contributed by atoms with Crippen LogP contribution in [0.2, 0.25) is 0 Å². The summed E-state index contributed by atoms with van der Waals surface area (Å²) in [5.41, 5.74) is 5.57. The van der Waals surface area contributed by atoms with E-state index in [1.807, 2.05) is 60.7 Å². The van der Waals surface area contributed by atoms with Crippen molar-refractivity contribution >= 4 is 12.0 Å². The van der Waals surface area contributed by atoms with Gasteiger partial charge in [-0.3, -0.25) is 10.2 Å². The molecule has 184 valence electrons. The van der Waals surface area contributed by atoms with E-state index in [2.05, 4.69) is 15.8 Å². The quantitative estimate of drug-likeness (QED) is 0.461. The van der Waals surface area contributed by atoms with E-state index in [-0.39, 0.29) is 36.3 Å². The van der Waals surface area contributed by atoms with E-state index in [0.29, 0.717) is 0 Å². The van der Waals surface area contributed by atoms with Gasteiger partial charge in [0.2, 0.25) is 5.75 Å². The van der Waals surface area contributed by atoms with Gasteiger partial charge in [0.15, 0.2) is 5.75 Å². The normalized spacial score (nSPS) is 10.7. The molecule has 0 aliphatic heterocycles. The van der Waals surface area contributed by atoms with Gasteiger partial charge in [0.05, 0.1) is 7.11 Å². The topological polar surface area (TPSA) is 108 Å². The average molecular weight is 480 g/mol. The summed E-state index contributed by atoms with van der Waals surface area (Å²) in [6.45, 7) is 5.61. The molecule has 2 amide bonds. The Morgan fingerprint density at radius 2 is 1.43 bits per heavy atom. The Morgan fingerprint density at radius 1 is 0.857 bits per heavy atom. The Bertz CT molecular complexity index is 1130. The summed E-state index contributed by atoms with van der Waals surface area (Å²) in [6.07, 6.45) is -0.804. The van der Waals surface area contributed by atoms with Crippen LogP contribution in [-0.2, 0) is 18.0 Å². The first-order chi connectivity index (χ1) is 16.7. The number of nitrogens with one attached hydrogen (secondary N) is 2. The zero-order valence-electron chi connectivity index (χ0n) is 20.2. The molecular formula is C26H29N3O6. The largest absolute Gasteiger partial charge is 0.485 e. The van der Waals surface area contributed by atoms with Crippen LogP contribution in [0.3, 0.4) is 0 Å². The maximum Gasteiger partial charge on any atom is 0.426 e. The number of hydrogen-bond donors (Lipinski definition) is 2. The molecule has 0 aliphatic rings. The van der Waals surface area contributed by atoms with Gasteiger partial charge in [0, 0.05) is 6.07 Å². The number of carbonyl (C=O) groups excluding carboxylic acids is 2. The lowest BCUT2D eigenvalue weighted by Gasteiger charge is -2.20. The SMILES string of the molecule is COc1nc(C(=O)NNC(=O)OC(C)(C)C)cc(OCc2ccccc2)c1OCc1ccccc1. The van der Waals surface area contributed by atoms with Gasteiger partial charge >= 0.3 is 6.09 Å². The number of carbonyl (C=O) groups is 2. The number of hydrazine groups is 1. The highest BCUT2D eigenvalue weighted by molar-refractivity contribution is 5.94. The minimum Gasteiger partial charge on any atom is -0.485 e. The monoisotopic (exact) mass is 479 g/mol. The van der Waals surface area contributed by atoms with Crippen LogP contribution in [0.1, 0.15) is 42.4 Å². The number of nitrogens with zero attached hydrogens (tertiary/aromatic N) is 1. The third kappa shape index (κ3) is 7.92. The molecular weight excluding hydrogens is 450 g/mol. The van der Waals surface area contributed by atoms with E-state index in [4.69, 9.17) is 18.9 Å². The molecule has 0 aliphatic carbocycles. The number of pyridine rings is 1. The van der Waals surface area contributed by atoms with E-state index < -0.39 is 17.6 Å². The Kier molecular flexibility index (Phi) is 8.50. The van der Waals surface area contributed by atoms with Gasteiger partial charge < -0.3 is 18.9 Å². The fourth-order valence-corrected chi connectivity index (χ4v) is 2.92. The first-order valence-electron chi connectivity index (χ1n) is 11.0. The Labute approximate surface area is 204 Å². The maximum atomic E-state index is 12.7. The predicted octanol–water partition coefficient (Wildman–Crippen LogP) is 4.42. The number of rotatable bonds is 8. The smallest absolute Gasteiger partial charge is 0.426 e. The molecule has 9 nitrogen and oxygen atoms in total. The molecule has 0 spiro atoms. The molecule has 3 rings (SSSR count). The average Bonchev–Trinajstić information content (AvgIpc) is 2.84. The molecule has 2 aromatic carbocycles. The first-order valence-corrected chi connectivity index (χ1v) is 11.0. The zero-order valence-corrected chi connectivity index (χ0v) is 20.2. The van der Waals surface area contributed by atoms with Crippen molar-refractivity contribution in [3.63, 3.8) is 0 Å². The standard InChI is InChI=1S/C26H29N3O6/c1-26(2,3)35-25(31)29-28-23(30)20-15-21(33-16-18-11-7-5-8-12-18)22(24(27-20)32-4)34-17-19-13-9-6-10-14-19/h5-15H,16-17H2,1-4H3,(H,28,30)(H,29,31). The summed E-state index contributed by atoms with van der Waals surface area (Å²) in [5.74, 6) is -0.106. The van der Waals surface area contributed by atoms with Gasteiger partial charge in [-0.1, -0.05) is 60.7 Å². The van der Waals surface area contributed by atoms with E-state index in [1.54, 1.807) is 20.8 Å². The number of ether oxygens (including phenoxy) is 4. The Hall–Kier alpha value is -4.27. The molecule has 0 fully saturated rings. The van der Waals surface area contributed by atoms with E-state index >= 15 is 0 Å². The van der Waals surface area contributed by atoms with E-state index in [0.717, 1.165) is 11.1 Å². The molecule has 35 heavy (non-hydrogen) atoms. The molecule has 2 N–H and O–H groups in total. The van der Waals surface area contributed by atoms with E-state index in [9.17, 15) is 9.59 Å². The van der Waals surface area contributed by atoms with Crippen LogP contribution in [0, 0.1) is 0 Å². The number of hydrogen-bond acceptors (Lipinski definition) is 7. The number of amides is 2. The van der Waals surface area contributed by atoms with Crippen molar-refractivity contribution in [2.75, 3.05) is 7.11 Å². The molecule has 9 heteroatoms. The molecule has 1 aromatic heterocycles. The van der Waals surface area contributed by atoms with Crippen LogP contribution < -0.4 is 25.1 Å². The summed E-state index contributed by atoms with van der Waals surface area (Å²) in [7, 11) is 1.42. The van der Waals surface area contributed by atoms with Crippen molar-refractivity contribution in [3.05, 3.63) is 83.6 Å². The fraction of sp³-hybridized carbons (Fsp3) is 0.269. The lowest BCUT2D eigenvalue weighted by Crippen LogP contribution is -2.44. The number of aromatic nitrogens is 1. The number of benzene rings is 2. The molecule has 0 radical (unpaired) electrons. The van der Waals surface area contributed by atoms with Crippen LogP contribution in [0.5, 0.6) is 17.4 Å². The van der Waals surface area contributed by atoms with Crippen molar-refractivity contribution < 1.29 is 28.5 Å². The third-order valence-electron chi connectivity index (χ3n) is 4.47.